The quantitative estimate of drug-likeness (QED) is 0.707. The Balaban J connectivity index is 2.09. The summed E-state index contributed by atoms with van der Waals surface area (Å²) in [6.45, 7) is 2.53. The molecule has 76 valence electrons. The summed E-state index contributed by atoms with van der Waals surface area (Å²) in [5.41, 5.74) is 0.880. The van der Waals surface area contributed by atoms with E-state index in [1.807, 2.05) is 0 Å². The van der Waals surface area contributed by atoms with Gasteiger partial charge in [0.25, 0.3) is 0 Å². The van der Waals surface area contributed by atoms with Crippen LogP contribution in [0.5, 0.6) is 0 Å². The minimum Gasteiger partial charge on any atom is -0.368 e. The van der Waals surface area contributed by atoms with Crippen molar-refractivity contribution in [1.82, 2.24) is 5.32 Å². The van der Waals surface area contributed by atoms with Gasteiger partial charge in [-0.2, -0.15) is 4.39 Å². The van der Waals surface area contributed by atoms with E-state index >= 15 is 0 Å². The Morgan fingerprint density at radius 3 is 3.29 bits per heavy atom. The van der Waals surface area contributed by atoms with Crippen LogP contribution >= 0.6 is 11.3 Å². The van der Waals surface area contributed by atoms with E-state index in [4.69, 9.17) is 4.74 Å². The lowest BCUT2D eigenvalue weighted by Crippen LogP contribution is -2.36. The van der Waals surface area contributed by atoms with E-state index in [1.165, 1.54) is 16.2 Å². The number of hydrogen-bond acceptors (Lipinski definition) is 3. The third kappa shape index (κ3) is 1.14. The van der Waals surface area contributed by atoms with Gasteiger partial charge in [0.1, 0.15) is 5.60 Å². The second-order valence-corrected chi connectivity index (χ2v) is 4.99. The van der Waals surface area contributed by atoms with Gasteiger partial charge in [0.15, 0.2) is 5.13 Å². The number of nitrogens with one attached hydrogen (secondary N) is 1. The van der Waals surface area contributed by atoms with E-state index in [-0.39, 0.29) is 10.7 Å². The van der Waals surface area contributed by atoms with Crippen molar-refractivity contribution in [3.63, 3.8) is 0 Å². The van der Waals surface area contributed by atoms with E-state index in [9.17, 15) is 4.39 Å². The Hall–Kier alpha value is -0.450. The number of rotatable bonds is 0. The molecule has 1 N–H and O–H groups in total. The molecular formula is C10H12FNOS. The molecule has 0 bridgehead atoms. The smallest absolute Gasteiger partial charge is 0.177 e. The molecule has 14 heavy (non-hydrogen) atoms. The Bertz CT molecular complexity index is 357. The van der Waals surface area contributed by atoms with Gasteiger partial charge in [-0.3, -0.25) is 0 Å². The SMILES string of the molecule is Fc1cc2c(s1)CCO[C@]21CCNC1. The summed E-state index contributed by atoms with van der Waals surface area (Å²) in [5, 5.41) is 3.21. The van der Waals surface area contributed by atoms with Crippen LogP contribution in [0.3, 0.4) is 0 Å². The van der Waals surface area contributed by atoms with Crippen LogP contribution in [0.2, 0.25) is 0 Å². The van der Waals surface area contributed by atoms with Gasteiger partial charge in [0.2, 0.25) is 0 Å². The van der Waals surface area contributed by atoms with E-state index in [2.05, 4.69) is 5.32 Å². The third-order valence-corrected chi connectivity index (χ3v) is 4.08. The Kier molecular flexibility index (Phi) is 1.90. The van der Waals surface area contributed by atoms with Gasteiger partial charge in [-0.15, -0.1) is 11.3 Å². The molecule has 1 saturated heterocycles. The summed E-state index contributed by atoms with van der Waals surface area (Å²) in [6.07, 6.45) is 1.84. The Morgan fingerprint density at radius 2 is 2.50 bits per heavy atom. The van der Waals surface area contributed by atoms with Gasteiger partial charge in [0.05, 0.1) is 6.61 Å². The van der Waals surface area contributed by atoms with Crippen LogP contribution in [0.1, 0.15) is 16.9 Å². The predicted molar refractivity (Wildman–Crippen MR) is 53.1 cm³/mol. The van der Waals surface area contributed by atoms with Crippen molar-refractivity contribution < 1.29 is 9.13 Å². The highest BCUT2D eigenvalue weighted by Crippen LogP contribution is 2.41. The second kappa shape index (κ2) is 3.02. The molecule has 1 atom stereocenters. The molecule has 4 heteroatoms. The van der Waals surface area contributed by atoms with E-state index < -0.39 is 0 Å². The van der Waals surface area contributed by atoms with Crippen molar-refractivity contribution in [3.05, 3.63) is 21.6 Å². The first-order chi connectivity index (χ1) is 6.80. The maximum absolute atomic E-state index is 13.2. The number of halogens is 1. The van der Waals surface area contributed by atoms with Gasteiger partial charge in [-0.1, -0.05) is 0 Å². The topological polar surface area (TPSA) is 21.3 Å². The molecule has 1 spiro atoms. The molecule has 3 heterocycles. The number of hydrogen-bond donors (Lipinski definition) is 1. The first-order valence-corrected chi connectivity index (χ1v) is 5.75. The van der Waals surface area contributed by atoms with E-state index in [0.29, 0.717) is 0 Å². The lowest BCUT2D eigenvalue weighted by Gasteiger charge is -2.33. The highest BCUT2D eigenvalue weighted by Gasteiger charge is 2.41. The molecule has 0 unspecified atom stereocenters. The minimum absolute atomic E-state index is 0.0771. The molecule has 2 aliphatic heterocycles. The van der Waals surface area contributed by atoms with Crippen molar-refractivity contribution in [3.8, 4) is 0 Å². The summed E-state index contributed by atoms with van der Waals surface area (Å²) < 4.78 is 19.0. The number of fused-ring (bicyclic) bond motifs is 2. The van der Waals surface area contributed by atoms with Crippen molar-refractivity contribution >= 4 is 11.3 Å². The third-order valence-electron chi connectivity index (χ3n) is 3.09. The van der Waals surface area contributed by atoms with Gasteiger partial charge < -0.3 is 10.1 Å². The average molecular weight is 213 g/mol. The zero-order valence-corrected chi connectivity index (χ0v) is 8.62. The van der Waals surface area contributed by atoms with Gasteiger partial charge >= 0.3 is 0 Å². The van der Waals surface area contributed by atoms with Gasteiger partial charge in [0, 0.05) is 23.4 Å². The minimum atomic E-state index is -0.214. The molecule has 1 aromatic rings. The molecule has 0 amide bonds. The zero-order chi connectivity index (χ0) is 9.60. The van der Waals surface area contributed by atoms with Crippen LogP contribution < -0.4 is 5.32 Å². The van der Waals surface area contributed by atoms with Crippen LogP contribution in [-0.4, -0.2) is 19.7 Å². The molecule has 0 aromatic carbocycles. The maximum atomic E-state index is 13.2. The zero-order valence-electron chi connectivity index (χ0n) is 7.81. The fraction of sp³-hybridized carbons (Fsp3) is 0.600. The first kappa shape index (κ1) is 8.83. The summed E-state index contributed by atoms with van der Waals surface area (Å²) in [7, 11) is 0. The molecule has 0 aliphatic carbocycles. The van der Waals surface area contributed by atoms with Crippen molar-refractivity contribution in [1.29, 1.82) is 0 Å². The summed E-state index contributed by atoms with van der Waals surface area (Å²) in [4.78, 5) is 1.18. The fourth-order valence-corrected chi connectivity index (χ4v) is 3.36. The Morgan fingerprint density at radius 1 is 1.57 bits per heavy atom. The number of thiophene rings is 1. The molecule has 3 rings (SSSR count). The van der Waals surface area contributed by atoms with Crippen molar-refractivity contribution in [2.24, 2.45) is 0 Å². The van der Waals surface area contributed by atoms with Crippen LogP contribution in [0.15, 0.2) is 6.07 Å². The first-order valence-electron chi connectivity index (χ1n) is 4.94. The lowest BCUT2D eigenvalue weighted by atomic mass is 9.90. The summed E-state index contributed by atoms with van der Waals surface area (Å²) in [5.74, 6) is 0. The van der Waals surface area contributed by atoms with Gasteiger partial charge in [-0.25, -0.2) is 0 Å². The predicted octanol–water partition coefficient (Wildman–Crippen LogP) is 1.65. The van der Waals surface area contributed by atoms with Gasteiger partial charge in [-0.05, 0) is 19.0 Å². The second-order valence-electron chi connectivity index (χ2n) is 3.91. The summed E-state index contributed by atoms with van der Waals surface area (Å²) >= 11 is 1.28. The molecule has 2 nitrogen and oxygen atoms in total. The van der Waals surface area contributed by atoms with E-state index in [1.54, 1.807) is 6.07 Å². The fourth-order valence-electron chi connectivity index (χ4n) is 2.41. The molecule has 2 aliphatic rings. The van der Waals surface area contributed by atoms with E-state index in [0.717, 1.165) is 38.1 Å². The normalized spacial score (nSPS) is 30.9. The molecule has 1 aromatic heterocycles. The van der Waals surface area contributed by atoms with Crippen molar-refractivity contribution in [2.45, 2.75) is 18.4 Å². The standard InChI is InChI=1S/C10H12FNOS/c11-9-5-7-8(14-9)1-4-13-10(7)2-3-12-6-10/h5,12H,1-4,6H2/t10-/m0/s1. The average Bonchev–Trinajstić information content (AvgIpc) is 2.74. The maximum Gasteiger partial charge on any atom is 0.177 e. The lowest BCUT2D eigenvalue weighted by molar-refractivity contribution is -0.0439. The van der Waals surface area contributed by atoms with Crippen molar-refractivity contribution in [2.75, 3.05) is 19.7 Å². The van der Waals surface area contributed by atoms with Crippen LogP contribution in [-0.2, 0) is 16.8 Å². The Labute approximate surface area is 86.1 Å². The van der Waals surface area contributed by atoms with Crippen LogP contribution in [0.25, 0.3) is 0 Å². The number of ether oxygens (including phenoxy) is 1. The molecular weight excluding hydrogens is 201 g/mol. The van der Waals surface area contributed by atoms with Crippen LogP contribution in [0, 0.1) is 5.13 Å². The molecule has 1 fully saturated rings. The van der Waals surface area contributed by atoms with Crippen LogP contribution in [0.4, 0.5) is 4.39 Å². The highest BCUT2D eigenvalue weighted by molar-refractivity contribution is 7.10. The largest absolute Gasteiger partial charge is 0.368 e. The summed E-state index contributed by atoms with van der Waals surface area (Å²) in [6, 6.07) is 1.66. The molecule has 0 radical (unpaired) electrons. The monoisotopic (exact) mass is 213 g/mol. The highest BCUT2D eigenvalue weighted by atomic mass is 32.1. The molecule has 0 saturated carbocycles.